The fraction of sp³-hybridized carbons (Fsp3) is 0.694. The number of unbranched alkanes of at least 4 members (excludes halogenated alkanes) is 12. The van der Waals surface area contributed by atoms with Crippen molar-refractivity contribution in [2.75, 3.05) is 19.8 Å². The van der Waals surface area contributed by atoms with Gasteiger partial charge in [0.15, 0.2) is 0 Å². The summed E-state index contributed by atoms with van der Waals surface area (Å²) in [7, 11) is -5.03. The van der Waals surface area contributed by atoms with Gasteiger partial charge in [-0.25, -0.2) is 4.57 Å². The lowest BCUT2D eigenvalue weighted by Crippen LogP contribution is -2.64. The SMILES string of the molecule is CC/C=C\C/C=C\C/C=C\C/C=C\CCCCCCCOCC(COP(=O)(O)OC1C(O)C(O)C(O)C(O)C1O)OC(=O)CCCCCCCCC/C=C\C/C=C\C/C=C\CC. The molecule has 356 valence electrons. The zero-order valence-corrected chi connectivity index (χ0v) is 38.8. The summed E-state index contributed by atoms with van der Waals surface area (Å²) in [6.07, 6.45) is 39.3. The summed E-state index contributed by atoms with van der Waals surface area (Å²) in [6.45, 7) is 3.97. The van der Waals surface area contributed by atoms with Gasteiger partial charge in [-0.15, -0.1) is 0 Å². The van der Waals surface area contributed by atoms with E-state index in [0.29, 0.717) is 13.0 Å². The smallest absolute Gasteiger partial charge is 0.457 e. The van der Waals surface area contributed by atoms with E-state index >= 15 is 0 Å². The van der Waals surface area contributed by atoms with E-state index in [1.165, 1.54) is 6.42 Å². The van der Waals surface area contributed by atoms with Gasteiger partial charge in [-0.05, 0) is 83.5 Å². The first-order valence-corrected chi connectivity index (χ1v) is 24.9. The van der Waals surface area contributed by atoms with E-state index in [0.717, 1.165) is 122 Å². The van der Waals surface area contributed by atoms with E-state index in [1.54, 1.807) is 0 Å². The fourth-order valence-corrected chi connectivity index (χ4v) is 7.57. The third-order valence-electron chi connectivity index (χ3n) is 10.3. The van der Waals surface area contributed by atoms with Crippen molar-refractivity contribution < 1.29 is 58.3 Å². The number of phosphoric ester groups is 1. The lowest BCUT2D eigenvalue weighted by atomic mass is 9.85. The molecule has 0 bridgehead atoms. The Morgan fingerprint density at radius 3 is 1.37 bits per heavy atom. The molecule has 0 aromatic carbocycles. The first kappa shape index (κ1) is 57.5. The number of hydrogen-bond donors (Lipinski definition) is 6. The maximum Gasteiger partial charge on any atom is 0.472 e. The van der Waals surface area contributed by atoms with E-state index in [-0.39, 0.29) is 13.0 Å². The van der Waals surface area contributed by atoms with Gasteiger partial charge >= 0.3 is 13.8 Å². The third-order valence-corrected chi connectivity index (χ3v) is 11.2. The zero-order valence-electron chi connectivity index (χ0n) is 37.9. The van der Waals surface area contributed by atoms with Crippen molar-refractivity contribution >= 4 is 13.8 Å². The van der Waals surface area contributed by atoms with Gasteiger partial charge in [0.25, 0.3) is 0 Å². The van der Waals surface area contributed by atoms with Gasteiger partial charge in [-0.3, -0.25) is 13.8 Å². The molecule has 6 atom stereocenters. The fourth-order valence-electron chi connectivity index (χ4n) is 6.59. The Kier molecular flexibility index (Phi) is 36.1. The molecule has 12 nitrogen and oxygen atoms in total. The van der Waals surface area contributed by atoms with E-state index in [4.69, 9.17) is 18.5 Å². The first-order chi connectivity index (χ1) is 30.0. The summed E-state index contributed by atoms with van der Waals surface area (Å²) in [5, 5.41) is 50.2. The van der Waals surface area contributed by atoms with Crippen LogP contribution in [0.5, 0.6) is 0 Å². The molecule has 0 saturated heterocycles. The molecule has 13 heteroatoms. The largest absolute Gasteiger partial charge is 0.472 e. The van der Waals surface area contributed by atoms with Crippen molar-refractivity contribution in [1.29, 1.82) is 0 Å². The molecular formula is C49H83O12P. The minimum absolute atomic E-state index is 0.0988. The highest BCUT2D eigenvalue weighted by Gasteiger charge is 2.51. The van der Waals surface area contributed by atoms with Gasteiger partial charge in [0.05, 0.1) is 13.2 Å². The summed E-state index contributed by atoms with van der Waals surface area (Å²) in [6, 6.07) is 0. The van der Waals surface area contributed by atoms with Crippen LogP contribution in [0.2, 0.25) is 0 Å². The summed E-state index contributed by atoms with van der Waals surface area (Å²) in [5.41, 5.74) is 0. The third kappa shape index (κ3) is 30.6. The van der Waals surface area contributed by atoms with Gasteiger partial charge in [-0.1, -0.05) is 150 Å². The standard InChI is InChI=1S/C49H83O12P/c1-3-5-7-9-11-13-15-17-19-21-23-25-27-29-31-33-35-37-39-58-40-42(41-59-62(56,57)61-49-47(54)45(52)44(51)46(53)48(49)55)60-43(50)38-36-34-32-30-28-26-24-22-20-18-16-14-12-10-8-6-4-2/h5-8,11-14,17-20,23,25,42,44-49,51-55H,3-4,9-10,15-16,21-22,24,26-41H2,1-2H3,(H,56,57)/b7-5-,8-6-,13-11-,14-12-,19-17-,20-18-,25-23-. The topological polar surface area (TPSA) is 192 Å². The number of rotatable bonds is 38. The van der Waals surface area contributed by atoms with Crippen LogP contribution in [0, 0.1) is 0 Å². The van der Waals surface area contributed by atoms with Crippen molar-refractivity contribution in [3.8, 4) is 0 Å². The van der Waals surface area contributed by atoms with Gasteiger partial charge < -0.3 is 39.9 Å². The number of phosphoric acid groups is 1. The second-order valence-electron chi connectivity index (χ2n) is 15.8. The molecular weight excluding hydrogens is 812 g/mol. The Morgan fingerprint density at radius 2 is 0.903 bits per heavy atom. The van der Waals surface area contributed by atoms with Crippen LogP contribution in [-0.4, -0.2) is 98.9 Å². The van der Waals surface area contributed by atoms with Crippen molar-refractivity contribution in [2.24, 2.45) is 0 Å². The molecule has 1 aliphatic rings. The normalized spacial score (nSPS) is 22.8. The van der Waals surface area contributed by atoms with Crippen LogP contribution < -0.4 is 0 Å². The Hall–Kier alpha value is -2.48. The van der Waals surface area contributed by atoms with Crippen molar-refractivity contribution in [1.82, 2.24) is 0 Å². The molecule has 0 aromatic heterocycles. The number of carbonyl (C=O) groups is 1. The Morgan fingerprint density at radius 1 is 0.516 bits per heavy atom. The number of esters is 1. The monoisotopic (exact) mass is 895 g/mol. The summed E-state index contributed by atoms with van der Waals surface area (Å²) < 4.78 is 34.2. The quantitative estimate of drug-likeness (QED) is 0.0149. The molecule has 1 fully saturated rings. The number of aliphatic hydroxyl groups excluding tert-OH is 5. The highest BCUT2D eigenvalue weighted by molar-refractivity contribution is 7.47. The highest BCUT2D eigenvalue weighted by atomic mass is 31.2. The van der Waals surface area contributed by atoms with Crippen LogP contribution in [0.1, 0.15) is 155 Å². The number of aliphatic hydroxyl groups is 5. The molecule has 0 spiro atoms. The highest BCUT2D eigenvalue weighted by Crippen LogP contribution is 2.47. The molecule has 0 radical (unpaired) electrons. The predicted molar refractivity (Wildman–Crippen MR) is 248 cm³/mol. The van der Waals surface area contributed by atoms with E-state index < -0.39 is 63.1 Å². The number of carbonyl (C=O) groups excluding carboxylic acids is 1. The van der Waals surface area contributed by atoms with Gasteiger partial charge in [0.2, 0.25) is 0 Å². The maximum atomic E-state index is 12.8. The van der Waals surface area contributed by atoms with Crippen molar-refractivity contribution in [2.45, 2.75) is 198 Å². The summed E-state index contributed by atoms with van der Waals surface area (Å²) in [4.78, 5) is 23.2. The molecule has 0 heterocycles. The molecule has 6 unspecified atom stereocenters. The van der Waals surface area contributed by atoms with Crippen LogP contribution in [-0.2, 0) is 27.9 Å². The second kappa shape index (κ2) is 38.9. The number of hydrogen-bond acceptors (Lipinski definition) is 11. The minimum atomic E-state index is -5.03. The van der Waals surface area contributed by atoms with Crippen LogP contribution in [0.25, 0.3) is 0 Å². The maximum absolute atomic E-state index is 12.8. The molecule has 6 N–H and O–H groups in total. The second-order valence-corrected chi connectivity index (χ2v) is 17.2. The molecule has 0 aliphatic heterocycles. The van der Waals surface area contributed by atoms with Crippen molar-refractivity contribution in [3.63, 3.8) is 0 Å². The summed E-state index contributed by atoms with van der Waals surface area (Å²) in [5.74, 6) is -0.499. The molecule has 62 heavy (non-hydrogen) atoms. The van der Waals surface area contributed by atoms with Crippen LogP contribution in [0.4, 0.5) is 0 Å². The Bertz CT molecular complexity index is 1340. The molecule has 1 rings (SSSR count). The van der Waals surface area contributed by atoms with Gasteiger partial charge in [0, 0.05) is 13.0 Å². The first-order valence-electron chi connectivity index (χ1n) is 23.4. The number of allylic oxidation sites excluding steroid dienone is 14. The lowest BCUT2D eigenvalue weighted by Gasteiger charge is -2.41. The van der Waals surface area contributed by atoms with E-state index in [2.05, 4.69) is 98.9 Å². The van der Waals surface area contributed by atoms with Gasteiger partial charge in [0.1, 0.15) is 42.7 Å². The summed E-state index contributed by atoms with van der Waals surface area (Å²) >= 11 is 0. The molecule has 1 aliphatic carbocycles. The van der Waals surface area contributed by atoms with Crippen molar-refractivity contribution in [3.05, 3.63) is 85.1 Å². The van der Waals surface area contributed by atoms with Crippen LogP contribution in [0.3, 0.4) is 0 Å². The average Bonchev–Trinajstić information content (AvgIpc) is 3.26. The number of ether oxygens (including phenoxy) is 2. The average molecular weight is 895 g/mol. The van der Waals surface area contributed by atoms with Crippen LogP contribution in [0.15, 0.2) is 85.1 Å². The predicted octanol–water partition coefficient (Wildman–Crippen LogP) is 9.75. The van der Waals surface area contributed by atoms with E-state index in [9.17, 15) is 39.8 Å². The van der Waals surface area contributed by atoms with Gasteiger partial charge in [-0.2, -0.15) is 0 Å². The Balaban J connectivity index is 2.42. The van der Waals surface area contributed by atoms with Crippen LogP contribution >= 0.6 is 7.82 Å². The zero-order chi connectivity index (χ0) is 45.5. The molecule has 1 saturated carbocycles. The molecule has 0 amide bonds. The lowest BCUT2D eigenvalue weighted by molar-refractivity contribution is -0.220. The molecule has 0 aromatic rings. The Labute approximate surface area is 373 Å². The van der Waals surface area contributed by atoms with E-state index in [1.807, 2.05) is 0 Å². The minimum Gasteiger partial charge on any atom is -0.457 e.